The lowest BCUT2D eigenvalue weighted by Crippen LogP contribution is -2.40. The molecule has 1 aromatic carbocycles. The van der Waals surface area contributed by atoms with E-state index in [0.29, 0.717) is 17.8 Å². The normalized spacial score (nSPS) is 20.9. The molecule has 1 heterocycles. The Morgan fingerprint density at radius 1 is 1.11 bits per heavy atom. The van der Waals surface area contributed by atoms with Gasteiger partial charge in [-0.3, -0.25) is 9.10 Å². The third-order valence-electron chi connectivity index (χ3n) is 5.18. The maximum absolute atomic E-state index is 12.3. The molecule has 2 atom stereocenters. The summed E-state index contributed by atoms with van der Waals surface area (Å²) in [6, 6.07) is 6.60. The van der Waals surface area contributed by atoms with Crippen molar-refractivity contribution in [3.8, 4) is 0 Å². The number of carbonyl (C=O) groups excluding carboxylic acids is 1. The van der Waals surface area contributed by atoms with Crippen LogP contribution in [0.5, 0.6) is 0 Å². The summed E-state index contributed by atoms with van der Waals surface area (Å²) in [5, 5.41) is 2.95. The second-order valence-corrected chi connectivity index (χ2v) is 10.3. The molecule has 1 N–H and O–H groups in total. The Morgan fingerprint density at radius 3 is 2.21 bits per heavy atom. The molecule has 1 amide bonds. The molecule has 0 saturated carbocycles. The average molecular weight is 411 g/mol. The van der Waals surface area contributed by atoms with Crippen LogP contribution in [-0.2, 0) is 10.2 Å². The smallest absolute Gasteiger partial charge is 0.303 e. The van der Waals surface area contributed by atoms with Crippen molar-refractivity contribution in [1.82, 2.24) is 14.5 Å². The van der Waals surface area contributed by atoms with Gasteiger partial charge in [-0.15, -0.1) is 0 Å². The van der Waals surface area contributed by atoms with Gasteiger partial charge in [0.2, 0.25) is 0 Å². The van der Waals surface area contributed by atoms with Crippen LogP contribution in [-0.4, -0.2) is 70.9 Å². The van der Waals surface area contributed by atoms with Crippen LogP contribution in [0, 0.1) is 11.8 Å². The van der Waals surface area contributed by atoms with Gasteiger partial charge in [-0.1, -0.05) is 13.8 Å². The summed E-state index contributed by atoms with van der Waals surface area (Å²) >= 11 is 0. The van der Waals surface area contributed by atoms with Gasteiger partial charge in [0.1, 0.15) is 0 Å². The van der Waals surface area contributed by atoms with Gasteiger partial charge in [-0.2, -0.15) is 12.7 Å². The van der Waals surface area contributed by atoms with Crippen LogP contribution < -0.4 is 9.62 Å². The van der Waals surface area contributed by atoms with Gasteiger partial charge in [-0.05, 0) is 55.5 Å². The van der Waals surface area contributed by atoms with Gasteiger partial charge in [0.25, 0.3) is 5.91 Å². The number of benzene rings is 1. The number of piperidine rings is 1. The Balaban J connectivity index is 1.81. The molecule has 0 radical (unpaired) electrons. The third kappa shape index (κ3) is 5.93. The zero-order valence-electron chi connectivity index (χ0n) is 17.7. The van der Waals surface area contributed by atoms with Gasteiger partial charge in [-0.25, -0.2) is 0 Å². The third-order valence-corrected chi connectivity index (χ3v) is 7.01. The molecule has 2 unspecified atom stereocenters. The maximum atomic E-state index is 12.3. The van der Waals surface area contributed by atoms with Crippen LogP contribution in [0.25, 0.3) is 0 Å². The van der Waals surface area contributed by atoms with Crippen molar-refractivity contribution in [2.24, 2.45) is 11.8 Å². The molecule has 1 aliphatic rings. The van der Waals surface area contributed by atoms with E-state index in [0.717, 1.165) is 42.2 Å². The molecule has 1 aromatic rings. The van der Waals surface area contributed by atoms with Crippen molar-refractivity contribution in [2.45, 2.75) is 26.7 Å². The Hall–Kier alpha value is -1.64. The van der Waals surface area contributed by atoms with E-state index in [9.17, 15) is 13.2 Å². The molecule has 1 saturated heterocycles. The summed E-state index contributed by atoms with van der Waals surface area (Å²) in [5.74, 6) is 1.35. The lowest BCUT2D eigenvalue weighted by atomic mass is 9.92. The van der Waals surface area contributed by atoms with E-state index in [1.165, 1.54) is 31.9 Å². The number of rotatable bonds is 8. The van der Waals surface area contributed by atoms with Crippen LogP contribution in [0.4, 0.5) is 5.69 Å². The van der Waals surface area contributed by atoms with E-state index < -0.39 is 10.2 Å². The van der Waals surface area contributed by atoms with Crippen LogP contribution in [0.3, 0.4) is 0 Å². The van der Waals surface area contributed by atoms with E-state index in [4.69, 9.17) is 0 Å². The van der Waals surface area contributed by atoms with Crippen LogP contribution >= 0.6 is 0 Å². The number of nitrogens with zero attached hydrogens (tertiary/aromatic N) is 3. The summed E-state index contributed by atoms with van der Waals surface area (Å²) in [6.07, 6.45) is 2.22. The molecular formula is C20H34N4O3S. The summed E-state index contributed by atoms with van der Waals surface area (Å²) in [7, 11) is 0.925. The van der Waals surface area contributed by atoms with Gasteiger partial charge in [0.15, 0.2) is 0 Å². The Kier molecular flexibility index (Phi) is 7.86. The highest BCUT2D eigenvalue weighted by Crippen LogP contribution is 2.21. The first kappa shape index (κ1) is 22.6. The van der Waals surface area contributed by atoms with Crippen molar-refractivity contribution in [3.63, 3.8) is 0 Å². The van der Waals surface area contributed by atoms with Crippen molar-refractivity contribution in [1.29, 1.82) is 0 Å². The minimum atomic E-state index is -3.54. The molecule has 0 aromatic heterocycles. The van der Waals surface area contributed by atoms with Crippen LogP contribution in [0.2, 0.25) is 0 Å². The largest absolute Gasteiger partial charge is 0.352 e. The minimum absolute atomic E-state index is 0.134. The molecule has 0 spiro atoms. The zero-order chi connectivity index (χ0) is 20.9. The first-order chi connectivity index (χ1) is 13.1. The number of hydrogen-bond donors (Lipinski definition) is 1. The number of nitrogens with one attached hydrogen (secondary N) is 1. The Morgan fingerprint density at radius 2 is 1.68 bits per heavy atom. The summed E-state index contributed by atoms with van der Waals surface area (Å²) in [6.45, 7) is 8.52. The highest BCUT2D eigenvalue weighted by atomic mass is 32.2. The number of likely N-dealkylation sites (tertiary alicyclic amines) is 1. The zero-order valence-corrected chi connectivity index (χ0v) is 18.5. The van der Waals surface area contributed by atoms with Gasteiger partial charge in [0.05, 0.1) is 5.69 Å². The monoisotopic (exact) mass is 410 g/mol. The first-order valence-electron chi connectivity index (χ1n) is 9.88. The molecule has 0 aliphatic carbocycles. The molecule has 8 heteroatoms. The highest BCUT2D eigenvalue weighted by molar-refractivity contribution is 7.90. The van der Waals surface area contributed by atoms with E-state index in [-0.39, 0.29) is 5.91 Å². The molecule has 158 valence electrons. The molecule has 7 nitrogen and oxygen atoms in total. The van der Waals surface area contributed by atoms with Crippen molar-refractivity contribution >= 4 is 21.8 Å². The second kappa shape index (κ2) is 9.71. The van der Waals surface area contributed by atoms with E-state index in [2.05, 4.69) is 24.1 Å². The van der Waals surface area contributed by atoms with E-state index in [1.807, 2.05) is 0 Å². The average Bonchev–Trinajstić information content (AvgIpc) is 2.63. The maximum Gasteiger partial charge on any atom is 0.303 e. The van der Waals surface area contributed by atoms with Crippen molar-refractivity contribution < 1.29 is 13.2 Å². The van der Waals surface area contributed by atoms with Gasteiger partial charge in [0, 0.05) is 46.3 Å². The Labute approximate surface area is 169 Å². The molecule has 28 heavy (non-hydrogen) atoms. The lowest BCUT2D eigenvalue weighted by Gasteiger charge is -2.34. The fraction of sp³-hybridized carbons (Fsp3) is 0.650. The number of hydrogen-bond acceptors (Lipinski definition) is 4. The summed E-state index contributed by atoms with van der Waals surface area (Å²) in [4.78, 5) is 14.8. The summed E-state index contributed by atoms with van der Waals surface area (Å²) in [5.41, 5.74) is 1.04. The van der Waals surface area contributed by atoms with Gasteiger partial charge >= 0.3 is 10.2 Å². The minimum Gasteiger partial charge on any atom is -0.352 e. The van der Waals surface area contributed by atoms with Gasteiger partial charge < -0.3 is 10.2 Å². The number of carbonyl (C=O) groups is 1. The quantitative estimate of drug-likeness (QED) is 0.666. The standard InChI is InChI=1S/C20H34N4O3S/c1-16-13-17(2)15-24(14-16)12-6-11-21-20(25)18-7-9-19(10-8-18)23(5)28(26,27)22(3)4/h7-10,16-17H,6,11-15H2,1-5H3,(H,21,25). The molecule has 2 rings (SSSR count). The summed E-state index contributed by atoms with van der Waals surface area (Å²) < 4.78 is 26.7. The molecule has 1 fully saturated rings. The lowest BCUT2D eigenvalue weighted by molar-refractivity contribution is 0.0947. The SMILES string of the molecule is CC1CC(C)CN(CCCNC(=O)c2ccc(N(C)S(=O)(=O)N(C)C)cc2)C1. The topological polar surface area (TPSA) is 73.0 Å². The first-order valence-corrected chi connectivity index (χ1v) is 11.3. The van der Waals surface area contributed by atoms with E-state index in [1.54, 1.807) is 24.3 Å². The van der Waals surface area contributed by atoms with Crippen LogP contribution in [0.15, 0.2) is 24.3 Å². The predicted molar refractivity (Wildman–Crippen MR) is 114 cm³/mol. The van der Waals surface area contributed by atoms with E-state index >= 15 is 0 Å². The molecule has 1 aliphatic heterocycles. The van der Waals surface area contributed by atoms with Crippen molar-refractivity contribution in [2.75, 3.05) is 51.6 Å². The highest BCUT2D eigenvalue weighted by Gasteiger charge is 2.22. The number of anilines is 1. The molecule has 0 bridgehead atoms. The second-order valence-electron chi connectivity index (χ2n) is 8.12. The predicted octanol–water partition coefficient (Wildman–Crippen LogP) is 2.03. The fourth-order valence-corrected chi connectivity index (χ4v) is 4.66. The van der Waals surface area contributed by atoms with Crippen molar-refractivity contribution in [3.05, 3.63) is 29.8 Å². The Bertz CT molecular complexity index is 739. The number of amides is 1. The molecular weight excluding hydrogens is 376 g/mol. The van der Waals surface area contributed by atoms with Crippen LogP contribution in [0.1, 0.15) is 37.0 Å². The fourth-order valence-electron chi connectivity index (χ4n) is 3.78.